The predicted molar refractivity (Wildman–Crippen MR) is 129 cm³/mol. The van der Waals surface area contributed by atoms with Crippen molar-refractivity contribution in [1.29, 1.82) is 0 Å². The van der Waals surface area contributed by atoms with Gasteiger partial charge >= 0.3 is 6.09 Å². The first-order valence-corrected chi connectivity index (χ1v) is 12.4. The molecule has 1 fully saturated rings. The summed E-state index contributed by atoms with van der Waals surface area (Å²) >= 11 is 3.95. The van der Waals surface area contributed by atoms with Crippen LogP contribution in [0.4, 0.5) is 16.2 Å². The molecule has 3 rings (SSSR count). The van der Waals surface area contributed by atoms with E-state index in [9.17, 15) is 9.59 Å². The highest BCUT2D eigenvalue weighted by Gasteiger charge is 2.16. The lowest BCUT2D eigenvalue weighted by Gasteiger charge is -2.21. The number of nitrogens with one attached hydrogen (secondary N) is 2. The SMILES string of the molecule is CC(C)COC(=O)Nc1cccc(NC(=O)COc2ccc(C3SCCCS3)cc2)c1. The molecule has 2 N–H and O–H groups in total. The first-order valence-electron chi connectivity index (χ1n) is 10.3. The molecular formula is C23H28N2O4S2. The van der Waals surface area contributed by atoms with E-state index >= 15 is 0 Å². The number of ether oxygens (including phenoxy) is 2. The minimum absolute atomic E-state index is 0.0969. The lowest BCUT2D eigenvalue weighted by atomic mass is 10.2. The zero-order valence-electron chi connectivity index (χ0n) is 17.8. The van der Waals surface area contributed by atoms with Crippen LogP contribution in [-0.4, -0.2) is 36.7 Å². The van der Waals surface area contributed by atoms with E-state index in [1.807, 2.05) is 49.5 Å². The van der Waals surface area contributed by atoms with Gasteiger partial charge in [0.1, 0.15) is 5.75 Å². The van der Waals surface area contributed by atoms with Gasteiger partial charge in [0.15, 0.2) is 6.61 Å². The normalized spacial score (nSPS) is 14.2. The number of thioether (sulfide) groups is 2. The Labute approximate surface area is 191 Å². The molecule has 31 heavy (non-hydrogen) atoms. The van der Waals surface area contributed by atoms with Crippen molar-refractivity contribution in [3.8, 4) is 5.75 Å². The highest BCUT2D eigenvalue weighted by molar-refractivity contribution is 8.16. The van der Waals surface area contributed by atoms with Gasteiger partial charge in [-0.1, -0.05) is 32.0 Å². The fraction of sp³-hybridized carbons (Fsp3) is 0.391. The van der Waals surface area contributed by atoms with Crippen molar-refractivity contribution in [3.63, 3.8) is 0 Å². The number of benzene rings is 2. The third-order valence-corrected chi connectivity index (χ3v) is 7.30. The van der Waals surface area contributed by atoms with Crippen molar-refractivity contribution < 1.29 is 19.1 Å². The first-order chi connectivity index (χ1) is 15.0. The molecule has 0 bridgehead atoms. The molecule has 0 unspecified atom stereocenters. The second-order valence-corrected chi connectivity index (χ2v) is 10.3. The Morgan fingerprint density at radius 3 is 2.39 bits per heavy atom. The summed E-state index contributed by atoms with van der Waals surface area (Å²) in [6, 6.07) is 14.8. The fourth-order valence-corrected chi connectivity index (χ4v) is 5.71. The van der Waals surface area contributed by atoms with E-state index in [0.29, 0.717) is 28.3 Å². The van der Waals surface area contributed by atoms with Crippen molar-refractivity contribution in [2.24, 2.45) is 5.92 Å². The van der Waals surface area contributed by atoms with E-state index < -0.39 is 6.09 Å². The van der Waals surface area contributed by atoms with E-state index in [4.69, 9.17) is 9.47 Å². The van der Waals surface area contributed by atoms with Crippen LogP contribution in [0.25, 0.3) is 0 Å². The summed E-state index contributed by atoms with van der Waals surface area (Å²) in [6.45, 7) is 4.18. The summed E-state index contributed by atoms with van der Waals surface area (Å²) < 4.78 is 11.2. The molecule has 0 radical (unpaired) electrons. The Morgan fingerprint density at radius 1 is 1.03 bits per heavy atom. The molecule has 0 aromatic heterocycles. The van der Waals surface area contributed by atoms with Gasteiger partial charge in [-0.25, -0.2) is 4.79 Å². The van der Waals surface area contributed by atoms with Crippen LogP contribution >= 0.6 is 23.5 Å². The van der Waals surface area contributed by atoms with Crippen LogP contribution in [0.2, 0.25) is 0 Å². The van der Waals surface area contributed by atoms with E-state index in [0.717, 1.165) is 0 Å². The summed E-state index contributed by atoms with van der Waals surface area (Å²) in [6.07, 6.45) is 0.748. The second-order valence-electron chi connectivity index (χ2n) is 7.53. The van der Waals surface area contributed by atoms with Crippen LogP contribution in [0, 0.1) is 5.92 Å². The molecule has 0 aliphatic carbocycles. The summed E-state index contributed by atoms with van der Waals surface area (Å²) in [4.78, 5) is 24.0. The Kier molecular flexibility index (Phi) is 8.97. The number of carbonyl (C=O) groups excluding carboxylic acids is 2. The Balaban J connectivity index is 1.45. The molecule has 8 heteroatoms. The number of hydrogen-bond donors (Lipinski definition) is 2. The molecule has 1 heterocycles. The van der Waals surface area contributed by atoms with Crippen LogP contribution in [0.3, 0.4) is 0 Å². The lowest BCUT2D eigenvalue weighted by molar-refractivity contribution is -0.118. The zero-order chi connectivity index (χ0) is 22.1. The molecule has 1 aliphatic heterocycles. The molecule has 0 saturated carbocycles. The van der Waals surface area contributed by atoms with Crippen LogP contribution in [0.5, 0.6) is 5.75 Å². The van der Waals surface area contributed by atoms with Crippen molar-refractivity contribution in [1.82, 2.24) is 0 Å². The van der Waals surface area contributed by atoms with Gasteiger partial charge in [0.2, 0.25) is 0 Å². The molecular weight excluding hydrogens is 432 g/mol. The lowest BCUT2D eigenvalue weighted by Crippen LogP contribution is -2.20. The Bertz CT molecular complexity index is 868. The maximum absolute atomic E-state index is 12.3. The number of carbonyl (C=O) groups is 2. The maximum atomic E-state index is 12.3. The van der Waals surface area contributed by atoms with Crippen LogP contribution in [-0.2, 0) is 9.53 Å². The molecule has 0 spiro atoms. The van der Waals surface area contributed by atoms with Crippen LogP contribution in [0.1, 0.15) is 30.4 Å². The van der Waals surface area contributed by atoms with Crippen molar-refractivity contribution in [2.75, 3.05) is 35.4 Å². The smallest absolute Gasteiger partial charge is 0.411 e. The molecule has 2 aromatic carbocycles. The third-order valence-electron chi connectivity index (χ3n) is 4.29. The summed E-state index contributed by atoms with van der Waals surface area (Å²) in [7, 11) is 0. The summed E-state index contributed by atoms with van der Waals surface area (Å²) in [5, 5.41) is 5.43. The zero-order valence-corrected chi connectivity index (χ0v) is 19.4. The van der Waals surface area contributed by atoms with E-state index in [1.165, 1.54) is 23.5 Å². The van der Waals surface area contributed by atoms with Gasteiger partial charge < -0.3 is 14.8 Å². The maximum Gasteiger partial charge on any atom is 0.411 e. The largest absolute Gasteiger partial charge is 0.484 e. The number of anilines is 2. The number of hydrogen-bond acceptors (Lipinski definition) is 6. The number of amides is 2. The van der Waals surface area contributed by atoms with E-state index in [1.54, 1.807) is 24.3 Å². The van der Waals surface area contributed by atoms with Gasteiger partial charge in [0.25, 0.3) is 5.91 Å². The van der Waals surface area contributed by atoms with Gasteiger partial charge in [-0.3, -0.25) is 10.1 Å². The van der Waals surface area contributed by atoms with Gasteiger partial charge in [-0.15, -0.1) is 23.5 Å². The van der Waals surface area contributed by atoms with Crippen molar-refractivity contribution in [3.05, 3.63) is 54.1 Å². The number of rotatable bonds is 8. The quantitative estimate of drug-likeness (QED) is 0.520. The highest BCUT2D eigenvalue weighted by Crippen LogP contribution is 2.43. The monoisotopic (exact) mass is 460 g/mol. The molecule has 2 aromatic rings. The van der Waals surface area contributed by atoms with Crippen molar-refractivity contribution >= 4 is 46.9 Å². The average molecular weight is 461 g/mol. The summed E-state index contributed by atoms with van der Waals surface area (Å²) in [5.41, 5.74) is 2.39. The second kappa shape index (κ2) is 11.9. The van der Waals surface area contributed by atoms with Gasteiger partial charge in [0.05, 0.1) is 11.2 Å². The highest BCUT2D eigenvalue weighted by atomic mass is 32.2. The van der Waals surface area contributed by atoms with Gasteiger partial charge in [0, 0.05) is 11.4 Å². The molecule has 1 aliphatic rings. The molecule has 0 atom stereocenters. The molecule has 2 amide bonds. The average Bonchev–Trinajstić information content (AvgIpc) is 2.77. The standard InChI is InChI=1S/C23H28N2O4S2/c1-16(2)14-29-23(27)25-19-6-3-5-18(13-19)24-21(26)15-28-20-9-7-17(8-10-20)22-30-11-4-12-31-22/h3,5-10,13,16,22H,4,11-12,14-15H2,1-2H3,(H,24,26)(H,25,27). The third kappa shape index (κ3) is 8.03. The van der Waals surface area contributed by atoms with Crippen molar-refractivity contribution in [2.45, 2.75) is 24.9 Å². The minimum Gasteiger partial charge on any atom is -0.484 e. The Hall–Kier alpha value is -2.32. The van der Waals surface area contributed by atoms with E-state index in [-0.39, 0.29) is 18.4 Å². The fourth-order valence-electron chi connectivity index (χ4n) is 2.82. The predicted octanol–water partition coefficient (Wildman–Crippen LogP) is 5.78. The van der Waals surface area contributed by atoms with Gasteiger partial charge in [-0.2, -0.15) is 0 Å². The Morgan fingerprint density at radius 2 is 1.71 bits per heavy atom. The first kappa shape index (κ1) is 23.3. The minimum atomic E-state index is -0.519. The van der Waals surface area contributed by atoms with Crippen LogP contribution < -0.4 is 15.4 Å². The van der Waals surface area contributed by atoms with E-state index in [2.05, 4.69) is 22.8 Å². The van der Waals surface area contributed by atoms with Crippen LogP contribution in [0.15, 0.2) is 48.5 Å². The molecule has 6 nitrogen and oxygen atoms in total. The summed E-state index contributed by atoms with van der Waals surface area (Å²) in [5.74, 6) is 3.05. The topological polar surface area (TPSA) is 76.7 Å². The molecule has 1 saturated heterocycles. The van der Waals surface area contributed by atoms with Gasteiger partial charge in [-0.05, 0) is 59.7 Å². The molecule has 166 valence electrons.